The maximum absolute atomic E-state index is 12.6. The van der Waals surface area contributed by atoms with Gasteiger partial charge in [0.25, 0.3) is 0 Å². The number of aliphatic carboxylic acids is 1. The molecule has 0 radical (unpaired) electrons. The van der Waals surface area contributed by atoms with Crippen LogP contribution in [0.1, 0.15) is 213 Å². The van der Waals surface area contributed by atoms with Crippen LogP contribution < -0.4 is 0 Å². The molecule has 1 unspecified atom stereocenters. The van der Waals surface area contributed by atoms with Gasteiger partial charge in [0.05, 0.1) is 0 Å². The van der Waals surface area contributed by atoms with Gasteiger partial charge in [0.2, 0.25) is 0 Å². The van der Waals surface area contributed by atoms with Crippen molar-refractivity contribution in [3.05, 3.63) is 48.6 Å². The molecule has 48 heavy (non-hydrogen) atoms. The van der Waals surface area contributed by atoms with E-state index in [1.165, 1.54) is 116 Å². The van der Waals surface area contributed by atoms with Crippen molar-refractivity contribution in [3.8, 4) is 0 Å². The second kappa shape index (κ2) is 39.3. The number of unbranched alkanes of at least 4 members (excludes halogenated alkanes) is 20. The number of carbonyl (C=O) groups is 2. The van der Waals surface area contributed by atoms with Gasteiger partial charge in [-0.05, 0) is 77.0 Å². The van der Waals surface area contributed by atoms with Crippen LogP contribution in [0.4, 0.5) is 0 Å². The first-order valence-electron chi connectivity index (χ1n) is 20.6. The molecule has 0 bridgehead atoms. The van der Waals surface area contributed by atoms with Crippen LogP contribution in [-0.4, -0.2) is 23.1 Å². The lowest BCUT2D eigenvalue weighted by atomic mass is 10.0. The third-order valence-corrected chi connectivity index (χ3v) is 9.05. The molecule has 0 aliphatic rings. The number of carboxylic acids is 1. The van der Waals surface area contributed by atoms with Crippen molar-refractivity contribution in [2.75, 3.05) is 0 Å². The monoisotopic (exact) mass is 671 g/mol. The summed E-state index contributed by atoms with van der Waals surface area (Å²) in [6.07, 6.45) is 52.7. The van der Waals surface area contributed by atoms with Crippen molar-refractivity contribution in [2.45, 2.75) is 219 Å². The van der Waals surface area contributed by atoms with E-state index in [1.54, 1.807) is 0 Å². The Labute approximate surface area is 298 Å². The largest absolute Gasteiger partial charge is 0.481 e. The van der Waals surface area contributed by atoms with E-state index in [0.29, 0.717) is 12.8 Å². The summed E-state index contributed by atoms with van der Waals surface area (Å²) < 4.78 is 5.93. The molecule has 0 aromatic heterocycles. The van der Waals surface area contributed by atoms with Crippen molar-refractivity contribution in [2.24, 2.45) is 0 Å². The van der Waals surface area contributed by atoms with Crippen molar-refractivity contribution < 1.29 is 19.4 Å². The normalized spacial score (nSPS) is 12.7. The van der Waals surface area contributed by atoms with Crippen LogP contribution in [0.3, 0.4) is 0 Å². The minimum absolute atomic E-state index is 0.0270. The second-order valence-electron chi connectivity index (χ2n) is 13.8. The Hall–Kier alpha value is -2.10. The molecular weight excluding hydrogens is 592 g/mol. The number of ether oxygens (including phenoxy) is 1. The van der Waals surface area contributed by atoms with Gasteiger partial charge in [-0.25, -0.2) is 0 Å². The first-order chi connectivity index (χ1) is 23.6. The third kappa shape index (κ3) is 38.3. The van der Waals surface area contributed by atoms with Crippen molar-refractivity contribution in [3.63, 3.8) is 0 Å². The van der Waals surface area contributed by atoms with Crippen LogP contribution in [0.5, 0.6) is 0 Å². The van der Waals surface area contributed by atoms with Gasteiger partial charge >= 0.3 is 11.9 Å². The van der Waals surface area contributed by atoms with Crippen molar-refractivity contribution >= 4 is 11.9 Å². The molecule has 0 heterocycles. The quantitative estimate of drug-likeness (QED) is 0.0406. The molecule has 0 rings (SSSR count). The van der Waals surface area contributed by atoms with Gasteiger partial charge in [-0.15, -0.1) is 0 Å². The van der Waals surface area contributed by atoms with E-state index in [-0.39, 0.29) is 18.5 Å². The lowest BCUT2D eigenvalue weighted by molar-refractivity contribution is -0.150. The van der Waals surface area contributed by atoms with E-state index in [4.69, 9.17) is 9.84 Å². The standard InChI is InChI=1S/C44H78O4/c1-3-5-7-9-11-13-15-17-19-20-22-24-26-28-30-32-37-41-44(47)48-42(39-35-33-36-40-43(45)46)38-34-31-29-27-25-23-21-18-16-14-12-10-8-6-4-2/h11,13,17,19,22,24,28,30,42H,3-10,12,14-16,18,20-21,23,25-27,29,31-41H2,1-2H3,(H,45,46)/b13-11-,19-17-,24-22-,30-28-. The summed E-state index contributed by atoms with van der Waals surface area (Å²) in [6, 6.07) is 0. The topological polar surface area (TPSA) is 63.6 Å². The molecule has 4 nitrogen and oxygen atoms in total. The van der Waals surface area contributed by atoms with Gasteiger partial charge in [-0.1, -0.05) is 172 Å². The molecule has 278 valence electrons. The summed E-state index contributed by atoms with van der Waals surface area (Å²) in [6.45, 7) is 4.52. The Kier molecular flexibility index (Phi) is 37.6. The third-order valence-electron chi connectivity index (χ3n) is 9.05. The highest BCUT2D eigenvalue weighted by molar-refractivity contribution is 5.69. The lowest BCUT2D eigenvalue weighted by Gasteiger charge is -2.18. The van der Waals surface area contributed by atoms with Crippen molar-refractivity contribution in [1.29, 1.82) is 0 Å². The van der Waals surface area contributed by atoms with Crippen LogP contribution in [0.15, 0.2) is 48.6 Å². The average Bonchev–Trinajstić information content (AvgIpc) is 3.07. The summed E-state index contributed by atoms with van der Waals surface area (Å²) in [4.78, 5) is 23.4. The van der Waals surface area contributed by atoms with E-state index in [2.05, 4.69) is 62.5 Å². The second-order valence-corrected chi connectivity index (χ2v) is 13.8. The molecule has 0 saturated heterocycles. The Balaban J connectivity index is 4.05. The number of hydrogen-bond acceptors (Lipinski definition) is 3. The molecule has 1 N–H and O–H groups in total. The molecule has 0 aromatic carbocycles. The summed E-state index contributed by atoms with van der Waals surface area (Å²) in [5.41, 5.74) is 0. The van der Waals surface area contributed by atoms with Crippen molar-refractivity contribution in [1.82, 2.24) is 0 Å². The van der Waals surface area contributed by atoms with E-state index in [9.17, 15) is 9.59 Å². The van der Waals surface area contributed by atoms with E-state index in [1.807, 2.05) is 0 Å². The Morgan fingerprint density at radius 2 is 0.833 bits per heavy atom. The number of carbonyl (C=O) groups excluding carboxylic acids is 1. The van der Waals surface area contributed by atoms with Gasteiger partial charge < -0.3 is 9.84 Å². The maximum atomic E-state index is 12.6. The fourth-order valence-electron chi connectivity index (χ4n) is 6.00. The van der Waals surface area contributed by atoms with Crippen LogP contribution in [0, 0.1) is 0 Å². The van der Waals surface area contributed by atoms with Gasteiger partial charge in [-0.2, -0.15) is 0 Å². The Morgan fingerprint density at radius 3 is 1.29 bits per heavy atom. The van der Waals surface area contributed by atoms with E-state index in [0.717, 1.165) is 64.2 Å². The molecule has 1 atom stereocenters. The lowest BCUT2D eigenvalue weighted by Crippen LogP contribution is -2.18. The highest BCUT2D eigenvalue weighted by Gasteiger charge is 2.14. The SMILES string of the molecule is CCCCC/C=C\C/C=C\C/C=C\C/C=C\CCCC(=O)OC(CCCCCCCCCCCCCCCCC)CCCCCC(=O)O. The molecule has 0 aromatic rings. The van der Waals surface area contributed by atoms with Crippen LogP contribution in [-0.2, 0) is 14.3 Å². The number of carboxylic acid groups (broad SMARTS) is 1. The summed E-state index contributed by atoms with van der Waals surface area (Å²) in [7, 11) is 0. The molecule has 0 spiro atoms. The molecule has 0 fully saturated rings. The summed E-state index contributed by atoms with van der Waals surface area (Å²) in [5, 5.41) is 8.90. The smallest absolute Gasteiger partial charge is 0.306 e. The number of hydrogen-bond donors (Lipinski definition) is 1. The van der Waals surface area contributed by atoms with Gasteiger partial charge in [0, 0.05) is 12.8 Å². The number of esters is 1. The number of allylic oxidation sites excluding steroid dienone is 8. The highest BCUT2D eigenvalue weighted by Crippen LogP contribution is 2.18. The highest BCUT2D eigenvalue weighted by atomic mass is 16.5. The molecule has 0 aliphatic carbocycles. The average molecular weight is 671 g/mol. The molecule has 0 aliphatic heterocycles. The number of rotatable bonds is 37. The molecule has 4 heteroatoms. The van der Waals surface area contributed by atoms with Gasteiger partial charge in [-0.3, -0.25) is 9.59 Å². The Bertz CT molecular complexity index is 809. The van der Waals surface area contributed by atoms with E-state index >= 15 is 0 Å². The Morgan fingerprint density at radius 1 is 0.458 bits per heavy atom. The predicted octanol–water partition coefficient (Wildman–Crippen LogP) is 14.3. The summed E-state index contributed by atoms with van der Waals surface area (Å²) >= 11 is 0. The predicted molar refractivity (Wildman–Crippen MR) is 209 cm³/mol. The summed E-state index contributed by atoms with van der Waals surface area (Å²) in [5.74, 6) is -0.813. The zero-order chi connectivity index (χ0) is 35.0. The zero-order valence-corrected chi connectivity index (χ0v) is 31.8. The molecule has 0 amide bonds. The first-order valence-corrected chi connectivity index (χ1v) is 20.6. The molecule has 0 saturated carbocycles. The fraction of sp³-hybridized carbons (Fsp3) is 0.773. The minimum Gasteiger partial charge on any atom is -0.481 e. The maximum Gasteiger partial charge on any atom is 0.306 e. The van der Waals surface area contributed by atoms with Gasteiger partial charge in [0.1, 0.15) is 6.10 Å². The first kappa shape index (κ1) is 45.9. The van der Waals surface area contributed by atoms with Crippen LogP contribution >= 0.6 is 0 Å². The van der Waals surface area contributed by atoms with Crippen LogP contribution in [0.2, 0.25) is 0 Å². The van der Waals surface area contributed by atoms with E-state index < -0.39 is 5.97 Å². The van der Waals surface area contributed by atoms with Crippen LogP contribution in [0.25, 0.3) is 0 Å². The zero-order valence-electron chi connectivity index (χ0n) is 31.8. The minimum atomic E-state index is -0.732. The molecular formula is C44H78O4. The van der Waals surface area contributed by atoms with Gasteiger partial charge in [0.15, 0.2) is 0 Å². The fourth-order valence-corrected chi connectivity index (χ4v) is 6.00.